The Morgan fingerprint density at radius 3 is 2.44 bits per heavy atom. The Labute approximate surface area is 199 Å². The number of benzene rings is 2. The highest BCUT2D eigenvalue weighted by Crippen LogP contribution is 2.22. The van der Waals surface area contributed by atoms with Crippen LogP contribution in [0.15, 0.2) is 53.4 Å². The van der Waals surface area contributed by atoms with Crippen LogP contribution >= 0.6 is 0 Å². The lowest BCUT2D eigenvalue weighted by Gasteiger charge is -2.34. The first kappa shape index (κ1) is 25.8. The van der Waals surface area contributed by atoms with Gasteiger partial charge in [-0.1, -0.05) is 18.2 Å². The molecule has 1 saturated heterocycles. The van der Waals surface area contributed by atoms with Gasteiger partial charge in [-0.05, 0) is 56.7 Å². The van der Waals surface area contributed by atoms with Crippen LogP contribution in [0.5, 0.6) is 0 Å². The molecule has 0 radical (unpaired) electrons. The van der Waals surface area contributed by atoms with E-state index >= 15 is 0 Å². The van der Waals surface area contributed by atoms with Crippen molar-refractivity contribution in [1.82, 2.24) is 9.21 Å². The fraction of sp³-hybridized carbons (Fsp3) is 0.417. The summed E-state index contributed by atoms with van der Waals surface area (Å²) in [5.41, 5.74) is 0.613. The molecule has 0 aromatic heterocycles. The van der Waals surface area contributed by atoms with E-state index in [9.17, 15) is 22.4 Å². The monoisotopic (exact) mass is 492 g/mol. The third-order valence-electron chi connectivity index (χ3n) is 5.41. The molecule has 1 aliphatic rings. The topological polar surface area (TPSA) is 93.2 Å². The van der Waals surface area contributed by atoms with E-state index < -0.39 is 33.8 Å². The minimum Gasteiger partial charge on any atom is -0.449 e. The second kappa shape index (κ2) is 10.6. The Balaban J connectivity index is 1.68. The fourth-order valence-corrected chi connectivity index (χ4v) is 5.47. The molecule has 3 atom stereocenters. The van der Waals surface area contributed by atoms with Crippen molar-refractivity contribution in [1.29, 1.82) is 0 Å². The van der Waals surface area contributed by atoms with Gasteiger partial charge in [0.05, 0.1) is 22.7 Å². The Hall–Kier alpha value is -2.82. The summed E-state index contributed by atoms with van der Waals surface area (Å²) in [6.07, 6.45) is -1.61. The van der Waals surface area contributed by atoms with Crippen molar-refractivity contribution in [2.24, 2.45) is 0 Å². The lowest BCUT2D eigenvalue weighted by molar-refractivity contribution is -0.139. The number of ether oxygens (including phenoxy) is 2. The van der Waals surface area contributed by atoms with Gasteiger partial charge in [0.2, 0.25) is 10.0 Å². The summed E-state index contributed by atoms with van der Waals surface area (Å²) in [6.45, 7) is 5.60. The maximum absolute atomic E-state index is 13.4. The van der Waals surface area contributed by atoms with Crippen LogP contribution in [0.2, 0.25) is 0 Å². The van der Waals surface area contributed by atoms with Gasteiger partial charge in [0.25, 0.3) is 5.91 Å². The van der Waals surface area contributed by atoms with E-state index in [0.717, 1.165) is 0 Å². The smallest absolute Gasteiger partial charge is 0.338 e. The van der Waals surface area contributed by atoms with Gasteiger partial charge >= 0.3 is 5.97 Å². The van der Waals surface area contributed by atoms with Crippen molar-refractivity contribution in [2.75, 3.05) is 20.1 Å². The highest BCUT2D eigenvalue weighted by atomic mass is 32.2. The average Bonchev–Trinajstić information content (AvgIpc) is 2.77. The number of hydrogen-bond donors (Lipinski definition) is 0. The Kier molecular flexibility index (Phi) is 8.06. The van der Waals surface area contributed by atoms with Crippen molar-refractivity contribution >= 4 is 21.9 Å². The predicted octanol–water partition coefficient (Wildman–Crippen LogP) is 2.83. The first-order valence-corrected chi connectivity index (χ1v) is 12.4. The van der Waals surface area contributed by atoms with Crippen molar-refractivity contribution in [2.45, 2.75) is 50.5 Å². The summed E-state index contributed by atoms with van der Waals surface area (Å²) in [4.78, 5) is 26.6. The summed E-state index contributed by atoms with van der Waals surface area (Å²) in [7, 11) is -2.32. The van der Waals surface area contributed by atoms with E-state index in [1.807, 2.05) is 0 Å². The van der Waals surface area contributed by atoms with Gasteiger partial charge in [0, 0.05) is 26.7 Å². The van der Waals surface area contributed by atoms with Gasteiger partial charge in [0.1, 0.15) is 5.82 Å². The standard InChI is InChI=1S/C24H29FN2O6S/c1-16-13-27(14-17(2)32-16)34(30,31)22-10-6-8-20(12-22)24(29)33-18(3)23(28)26(4)15-19-7-5-9-21(25)11-19/h5-12,16-18H,13-15H2,1-4H3. The molecule has 0 bridgehead atoms. The summed E-state index contributed by atoms with van der Waals surface area (Å²) in [5, 5.41) is 0. The molecule has 0 spiro atoms. The van der Waals surface area contributed by atoms with Crippen molar-refractivity contribution < 1.29 is 31.9 Å². The lowest BCUT2D eigenvalue weighted by Crippen LogP contribution is -2.48. The third-order valence-corrected chi connectivity index (χ3v) is 7.24. The first-order chi connectivity index (χ1) is 16.0. The first-order valence-electron chi connectivity index (χ1n) is 10.9. The van der Waals surface area contributed by atoms with Crippen molar-refractivity contribution in [3.63, 3.8) is 0 Å². The second-order valence-corrected chi connectivity index (χ2v) is 10.4. The normalized spacial score (nSPS) is 19.9. The number of carbonyl (C=O) groups is 2. The van der Waals surface area contributed by atoms with Crippen LogP contribution < -0.4 is 0 Å². The Morgan fingerprint density at radius 1 is 1.15 bits per heavy atom. The zero-order valence-electron chi connectivity index (χ0n) is 19.6. The van der Waals surface area contributed by atoms with E-state index in [2.05, 4.69) is 0 Å². The molecule has 1 amide bonds. The van der Waals surface area contributed by atoms with Crippen LogP contribution in [-0.2, 0) is 30.8 Å². The largest absolute Gasteiger partial charge is 0.449 e. The van der Waals surface area contributed by atoms with Crippen molar-refractivity contribution in [3.8, 4) is 0 Å². The summed E-state index contributed by atoms with van der Waals surface area (Å²) in [6, 6.07) is 11.4. The SMILES string of the molecule is CC1CN(S(=O)(=O)c2cccc(C(=O)OC(C)C(=O)N(C)Cc3cccc(F)c3)c2)CC(C)O1. The third kappa shape index (κ3) is 6.19. The molecule has 184 valence electrons. The molecular formula is C24H29FN2O6S. The Morgan fingerprint density at radius 2 is 1.79 bits per heavy atom. The summed E-state index contributed by atoms with van der Waals surface area (Å²) >= 11 is 0. The molecule has 10 heteroatoms. The van der Waals surface area contributed by atoms with E-state index in [0.29, 0.717) is 5.56 Å². The van der Waals surface area contributed by atoms with Crippen LogP contribution in [-0.4, -0.2) is 67.9 Å². The van der Waals surface area contributed by atoms with Gasteiger partial charge in [-0.2, -0.15) is 4.31 Å². The highest BCUT2D eigenvalue weighted by Gasteiger charge is 2.33. The molecule has 34 heavy (non-hydrogen) atoms. The van der Waals surface area contributed by atoms with Gasteiger partial charge in [0.15, 0.2) is 6.10 Å². The number of likely N-dealkylation sites (N-methyl/N-ethyl adjacent to an activating group) is 1. The molecule has 2 aromatic carbocycles. The molecule has 0 aliphatic carbocycles. The number of sulfonamides is 1. The zero-order chi connectivity index (χ0) is 25.0. The number of halogens is 1. The van der Waals surface area contributed by atoms with E-state index in [-0.39, 0.29) is 42.3 Å². The minimum atomic E-state index is -3.84. The molecule has 8 nitrogen and oxygen atoms in total. The van der Waals surface area contributed by atoms with Gasteiger partial charge < -0.3 is 14.4 Å². The number of carbonyl (C=O) groups excluding carboxylic acids is 2. The summed E-state index contributed by atoms with van der Waals surface area (Å²) < 4.78 is 51.8. The lowest BCUT2D eigenvalue weighted by atomic mass is 10.2. The molecule has 1 fully saturated rings. The van der Waals surface area contributed by atoms with Crippen LogP contribution in [0.1, 0.15) is 36.7 Å². The number of esters is 1. The molecule has 0 saturated carbocycles. The van der Waals surface area contributed by atoms with Crippen molar-refractivity contribution in [3.05, 3.63) is 65.5 Å². The average molecular weight is 493 g/mol. The summed E-state index contributed by atoms with van der Waals surface area (Å²) in [5.74, 6) is -1.70. The number of hydrogen-bond acceptors (Lipinski definition) is 6. The maximum Gasteiger partial charge on any atom is 0.338 e. The zero-order valence-corrected chi connectivity index (χ0v) is 20.4. The minimum absolute atomic E-state index is 0.0165. The molecule has 3 rings (SSSR count). The van der Waals surface area contributed by atoms with Crippen LogP contribution in [0.4, 0.5) is 4.39 Å². The number of amides is 1. The molecule has 3 unspecified atom stereocenters. The molecule has 1 heterocycles. The number of morpholine rings is 1. The predicted molar refractivity (Wildman–Crippen MR) is 123 cm³/mol. The quantitative estimate of drug-likeness (QED) is 0.552. The second-order valence-electron chi connectivity index (χ2n) is 8.48. The molecule has 2 aromatic rings. The van der Waals surface area contributed by atoms with E-state index in [1.165, 1.54) is 59.6 Å². The van der Waals surface area contributed by atoms with Gasteiger partial charge in [-0.25, -0.2) is 17.6 Å². The van der Waals surface area contributed by atoms with Crippen LogP contribution in [0.3, 0.4) is 0 Å². The molecular weight excluding hydrogens is 463 g/mol. The molecule has 1 aliphatic heterocycles. The maximum atomic E-state index is 13.4. The van der Waals surface area contributed by atoms with E-state index in [4.69, 9.17) is 9.47 Å². The number of rotatable bonds is 7. The van der Waals surface area contributed by atoms with E-state index in [1.54, 1.807) is 26.0 Å². The van der Waals surface area contributed by atoms with Gasteiger partial charge in [-0.15, -0.1) is 0 Å². The number of nitrogens with zero attached hydrogens (tertiary/aromatic N) is 2. The van der Waals surface area contributed by atoms with Gasteiger partial charge in [-0.3, -0.25) is 4.79 Å². The fourth-order valence-electron chi connectivity index (χ4n) is 3.84. The Bertz CT molecular complexity index is 1150. The van der Waals surface area contributed by atoms with Crippen LogP contribution in [0.25, 0.3) is 0 Å². The molecule has 0 N–H and O–H groups in total. The highest BCUT2D eigenvalue weighted by molar-refractivity contribution is 7.89. The van der Waals surface area contributed by atoms with Crippen LogP contribution in [0, 0.1) is 5.82 Å².